The SMILES string of the molecule is C=CC(=O)NC1CC2CN(S(=O)(=O)c3ccc(C(=O)NCCc4ccccc4)n3C)CC2C1. The van der Waals surface area contributed by atoms with Crippen LogP contribution in [-0.2, 0) is 28.3 Å². The van der Waals surface area contributed by atoms with Gasteiger partial charge in [-0.15, -0.1) is 0 Å². The summed E-state index contributed by atoms with van der Waals surface area (Å²) in [4.78, 5) is 24.2. The number of hydrogen-bond donors (Lipinski definition) is 2. The van der Waals surface area contributed by atoms with E-state index in [2.05, 4.69) is 17.2 Å². The van der Waals surface area contributed by atoms with Gasteiger partial charge in [0.15, 0.2) is 5.03 Å². The molecule has 9 heteroatoms. The first-order valence-electron chi connectivity index (χ1n) is 11.2. The number of fused-ring (bicyclic) bond motifs is 1. The number of carbonyl (C=O) groups is 2. The van der Waals surface area contributed by atoms with Crippen LogP contribution in [0.25, 0.3) is 0 Å². The molecule has 2 amide bonds. The van der Waals surface area contributed by atoms with E-state index in [4.69, 9.17) is 0 Å². The molecule has 1 aliphatic carbocycles. The molecule has 1 aromatic carbocycles. The topological polar surface area (TPSA) is 101 Å². The predicted octanol–water partition coefficient (Wildman–Crippen LogP) is 1.70. The van der Waals surface area contributed by atoms with Crippen LogP contribution in [0.15, 0.2) is 60.1 Å². The third-order valence-electron chi connectivity index (χ3n) is 6.70. The summed E-state index contributed by atoms with van der Waals surface area (Å²) in [5.74, 6) is -0.0522. The highest BCUT2D eigenvalue weighted by atomic mass is 32.2. The Bertz CT molecular complexity index is 1130. The second-order valence-electron chi connectivity index (χ2n) is 8.83. The molecule has 2 aromatic rings. The Balaban J connectivity index is 1.37. The molecule has 33 heavy (non-hydrogen) atoms. The van der Waals surface area contributed by atoms with Gasteiger partial charge in [0.25, 0.3) is 15.9 Å². The minimum absolute atomic E-state index is 0.0663. The van der Waals surface area contributed by atoms with Crippen LogP contribution in [0.1, 0.15) is 28.9 Å². The maximum Gasteiger partial charge on any atom is 0.267 e. The van der Waals surface area contributed by atoms with E-state index in [0.29, 0.717) is 31.7 Å². The maximum atomic E-state index is 13.3. The van der Waals surface area contributed by atoms with E-state index < -0.39 is 10.0 Å². The molecule has 4 rings (SSSR count). The molecule has 2 heterocycles. The van der Waals surface area contributed by atoms with Crippen molar-refractivity contribution in [2.45, 2.75) is 30.3 Å². The van der Waals surface area contributed by atoms with Crippen molar-refractivity contribution in [2.24, 2.45) is 18.9 Å². The predicted molar refractivity (Wildman–Crippen MR) is 125 cm³/mol. The summed E-state index contributed by atoms with van der Waals surface area (Å²) in [6, 6.07) is 13.0. The Morgan fingerprint density at radius 3 is 2.39 bits per heavy atom. The molecule has 1 saturated carbocycles. The molecule has 1 aliphatic heterocycles. The number of aromatic nitrogens is 1. The lowest BCUT2D eigenvalue weighted by Crippen LogP contribution is -2.35. The van der Waals surface area contributed by atoms with Gasteiger partial charge in [0, 0.05) is 32.7 Å². The van der Waals surface area contributed by atoms with Gasteiger partial charge in [0.2, 0.25) is 5.91 Å². The molecule has 0 bridgehead atoms. The zero-order chi connectivity index (χ0) is 23.6. The number of benzene rings is 1. The van der Waals surface area contributed by atoms with Gasteiger partial charge in [-0.1, -0.05) is 36.9 Å². The van der Waals surface area contributed by atoms with Crippen LogP contribution >= 0.6 is 0 Å². The monoisotopic (exact) mass is 470 g/mol. The van der Waals surface area contributed by atoms with Gasteiger partial charge < -0.3 is 15.2 Å². The van der Waals surface area contributed by atoms with Crippen LogP contribution in [0.2, 0.25) is 0 Å². The Kier molecular flexibility index (Phi) is 6.71. The number of carbonyl (C=O) groups excluding carboxylic acids is 2. The zero-order valence-electron chi connectivity index (χ0n) is 18.7. The Morgan fingerprint density at radius 1 is 1.09 bits per heavy atom. The van der Waals surface area contributed by atoms with Gasteiger partial charge in [-0.3, -0.25) is 9.59 Å². The molecular weight excluding hydrogens is 440 g/mol. The van der Waals surface area contributed by atoms with E-state index in [9.17, 15) is 18.0 Å². The van der Waals surface area contributed by atoms with E-state index in [1.807, 2.05) is 30.3 Å². The van der Waals surface area contributed by atoms with Gasteiger partial charge in [-0.25, -0.2) is 8.42 Å². The smallest absolute Gasteiger partial charge is 0.267 e. The largest absolute Gasteiger partial charge is 0.350 e. The van der Waals surface area contributed by atoms with Crippen molar-refractivity contribution in [3.63, 3.8) is 0 Å². The van der Waals surface area contributed by atoms with E-state index in [0.717, 1.165) is 18.4 Å². The van der Waals surface area contributed by atoms with Gasteiger partial charge in [-0.2, -0.15) is 4.31 Å². The van der Waals surface area contributed by atoms with Gasteiger partial charge in [-0.05, 0) is 54.9 Å². The fourth-order valence-corrected chi connectivity index (χ4v) is 6.72. The first-order valence-corrected chi connectivity index (χ1v) is 12.6. The lowest BCUT2D eigenvalue weighted by atomic mass is 10.0. The first-order chi connectivity index (χ1) is 15.8. The standard InChI is InChI=1S/C24H30N4O4S/c1-3-22(29)26-20-13-18-15-28(16-19(18)14-20)33(31,32)23-10-9-21(27(23)2)24(30)25-12-11-17-7-5-4-6-8-17/h3-10,18-20H,1,11-16H2,2H3,(H,25,30)(H,26,29). The van der Waals surface area contributed by atoms with Crippen molar-refractivity contribution in [3.8, 4) is 0 Å². The van der Waals surface area contributed by atoms with Crippen molar-refractivity contribution in [1.29, 1.82) is 0 Å². The summed E-state index contributed by atoms with van der Waals surface area (Å²) in [7, 11) is -2.11. The first kappa shape index (κ1) is 23.3. The number of hydrogen-bond acceptors (Lipinski definition) is 4. The van der Waals surface area contributed by atoms with Crippen molar-refractivity contribution < 1.29 is 18.0 Å². The summed E-state index contributed by atoms with van der Waals surface area (Å²) in [5.41, 5.74) is 1.44. The molecule has 176 valence electrons. The zero-order valence-corrected chi connectivity index (χ0v) is 19.6. The van der Waals surface area contributed by atoms with Crippen LogP contribution < -0.4 is 10.6 Å². The highest BCUT2D eigenvalue weighted by molar-refractivity contribution is 7.89. The van der Waals surface area contributed by atoms with E-state index in [-0.39, 0.29) is 34.7 Å². The number of nitrogens with one attached hydrogen (secondary N) is 2. The lowest BCUT2D eigenvalue weighted by Gasteiger charge is -2.20. The molecule has 2 aliphatic rings. The summed E-state index contributed by atoms with van der Waals surface area (Å²) < 4.78 is 29.6. The van der Waals surface area contributed by atoms with Crippen LogP contribution in [0.4, 0.5) is 0 Å². The number of rotatable bonds is 8. The van der Waals surface area contributed by atoms with Crippen LogP contribution in [0.5, 0.6) is 0 Å². The molecule has 2 atom stereocenters. The molecular formula is C24H30N4O4S. The molecule has 2 fully saturated rings. The molecule has 1 saturated heterocycles. The quantitative estimate of drug-likeness (QED) is 0.574. The Morgan fingerprint density at radius 2 is 1.76 bits per heavy atom. The summed E-state index contributed by atoms with van der Waals surface area (Å²) in [6.07, 6.45) is 3.49. The third kappa shape index (κ3) is 4.89. The molecule has 1 aromatic heterocycles. The fraction of sp³-hybridized carbons (Fsp3) is 0.417. The van der Waals surface area contributed by atoms with Crippen LogP contribution in [0, 0.1) is 11.8 Å². The molecule has 8 nitrogen and oxygen atoms in total. The van der Waals surface area contributed by atoms with Crippen LogP contribution in [-0.4, -0.2) is 54.8 Å². The normalized spacial score (nSPS) is 22.6. The minimum atomic E-state index is -3.72. The Hall–Kier alpha value is -2.91. The fourth-order valence-electron chi connectivity index (χ4n) is 5.00. The summed E-state index contributed by atoms with van der Waals surface area (Å²) in [6.45, 7) is 4.80. The molecule has 2 unspecified atom stereocenters. The van der Waals surface area contributed by atoms with Crippen LogP contribution in [0.3, 0.4) is 0 Å². The van der Waals surface area contributed by atoms with Crippen molar-refractivity contribution in [2.75, 3.05) is 19.6 Å². The molecule has 0 spiro atoms. The number of sulfonamides is 1. The highest BCUT2D eigenvalue weighted by Crippen LogP contribution is 2.40. The van der Waals surface area contributed by atoms with Crippen molar-refractivity contribution in [3.05, 3.63) is 66.4 Å². The van der Waals surface area contributed by atoms with Gasteiger partial charge in [0.1, 0.15) is 5.69 Å². The highest BCUT2D eigenvalue weighted by Gasteiger charge is 2.45. The second-order valence-corrected chi connectivity index (χ2v) is 10.7. The summed E-state index contributed by atoms with van der Waals surface area (Å²) >= 11 is 0. The van der Waals surface area contributed by atoms with E-state index in [1.54, 1.807) is 13.1 Å². The minimum Gasteiger partial charge on any atom is -0.350 e. The third-order valence-corrected chi connectivity index (χ3v) is 8.62. The van der Waals surface area contributed by atoms with E-state index in [1.165, 1.54) is 21.0 Å². The average molecular weight is 471 g/mol. The number of nitrogens with zero attached hydrogens (tertiary/aromatic N) is 2. The van der Waals surface area contributed by atoms with Gasteiger partial charge in [0.05, 0.1) is 0 Å². The van der Waals surface area contributed by atoms with Crippen molar-refractivity contribution >= 4 is 21.8 Å². The van der Waals surface area contributed by atoms with E-state index >= 15 is 0 Å². The summed E-state index contributed by atoms with van der Waals surface area (Å²) in [5, 5.41) is 5.91. The van der Waals surface area contributed by atoms with Crippen molar-refractivity contribution in [1.82, 2.24) is 19.5 Å². The lowest BCUT2D eigenvalue weighted by molar-refractivity contribution is -0.117. The molecule has 0 radical (unpaired) electrons. The molecule has 2 N–H and O–H groups in total. The maximum absolute atomic E-state index is 13.3. The number of amides is 2. The second kappa shape index (κ2) is 9.52. The Labute approximate surface area is 194 Å². The van der Waals surface area contributed by atoms with Gasteiger partial charge >= 0.3 is 0 Å². The average Bonchev–Trinajstić information content (AvgIpc) is 3.47.